The van der Waals surface area contributed by atoms with Gasteiger partial charge in [-0.3, -0.25) is 4.90 Å². The number of aromatic hydroxyl groups is 1. The van der Waals surface area contributed by atoms with Crippen LogP contribution in [0.25, 0.3) is 11.1 Å². The molecule has 0 heterocycles. The van der Waals surface area contributed by atoms with Gasteiger partial charge < -0.3 is 14.9 Å². The normalized spacial score (nSPS) is 15.4. The number of aliphatic carboxylic acids is 1. The molecule has 1 saturated carbocycles. The van der Waals surface area contributed by atoms with Gasteiger partial charge in [-0.05, 0) is 52.8 Å². The van der Waals surface area contributed by atoms with Gasteiger partial charge in [-0.15, -0.1) is 0 Å². The number of ether oxygens (including phenoxy) is 1. The molecular formula is C26H22FNO5. The second-order valence-electron chi connectivity index (χ2n) is 8.43. The number of hydrogen-bond acceptors (Lipinski definition) is 4. The summed E-state index contributed by atoms with van der Waals surface area (Å²) in [7, 11) is 0. The van der Waals surface area contributed by atoms with Gasteiger partial charge in [0.1, 0.15) is 18.2 Å². The molecule has 1 amide bonds. The number of fused-ring (bicyclic) bond motifs is 3. The van der Waals surface area contributed by atoms with Crippen LogP contribution in [0.2, 0.25) is 0 Å². The maximum absolute atomic E-state index is 13.9. The minimum absolute atomic E-state index is 0.0135. The number of carboxylic acids is 1. The Bertz CT molecular complexity index is 1170. The van der Waals surface area contributed by atoms with Crippen molar-refractivity contribution in [3.8, 4) is 16.9 Å². The Balaban J connectivity index is 1.42. The quantitative estimate of drug-likeness (QED) is 0.551. The van der Waals surface area contributed by atoms with Crippen LogP contribution in [0.3, 0.4) is 0 Å². The molecule has 33 heavy (non-hydrogen) atoms. The minimum Gasteiger partial charge on any atom is -0.508 e. The van der Waals surface area contributed by atoms with Gasteiger partial charge in [0.05, 0.1) is 0 Å². The van der Waals surface area contributed by atoms with E-state index >= 15 is 0 Å². The van der Waals surface area contributed by atoms with Crippen LogP contribution in [0.15, 0.2) is 66.7 Å². The third kappa shape index (κ3) is 3.91. The molecule has 5 rings (SSSR count). The minimum atomic E-state index is -1.46. The molecule has 1 unspecified atom stereocenters. The van der Waals surface area contributed by atoms with Gasteiger partial charge in [0.15, 0.2) is 6.04 Å². The Morgan fingerprint density at radius 2 is 1.61 bits per heavy atom. The molecule has 6 nitrogen and oxygen atoms in total. The van der Waals surface area contributed by atoms with E-state index in [0.717, 1.165) is 45.4 Å². The molecule has 1 atom stereocenters. The first-order chi connectivity index (χ1) is 15.9. The lowest BCUT2D eigenvalue weighted by atomic mass is 9.98. The van der Waals surface area contributed by atoms with Gasteiger partial charge in [-0.2, -0.15) is 0 Å². The van der Waals surface area contributed by atoms with Crippen molar-refractivity contribution in [3.63, 3.8) is 0 Å². The number of carboxylic acid groups (broad SMARTS) is 1. The SMILES string of the molecule is O=C(O)C(c1cc(O)cc(F)c1)N(C(=O)OCC1c2ccccc2-c2ccccc21)C1CC1. The first-order valence-corrected chi connectivity index (χ1v) is 10.8. The molecule has 0 spiro atoms. The largest absolute Gasteiger partial charge is 0.508 e. The smallest absolute Gasteiger partial charge is 0.411 e. The van der Waals surface area contributed by atoms with E-state index in [1.807, 2.05) is 48.5 Å². The first kappa shape index (κ1) is 21.0. The molecule has 7 heteroatoms. The summed E-state index contributed by atoms with van der Waals surface area (Å²) in [5.41, 5.74) is 4.27. The Hall–Kier alpha value is -3.87. The predicted molar refractivity (Wildman–Crippen MR) is 118 cm³/mol. The van der Waals surface area contributed by atoms with Gasteiger partial charge >= 0.3 is 12.1 Å². The number of nitrogens with zero attached hydrogens (tertiary/aromatic N) is 1. The molecule has 0 bridgehead atoms. The lowest BCUT2D eigenvalue weighted by Gasteiger charge is -2.29. The molecule has 0 aromatic heterocycles. The van der Waals surface area contributed by atoms with Crippen molar-refractivity contribution in [3.05, 3.63) is 89.2 Å². The molecule has 2 aliphatic rings. The van der Waals surface area contributed by atoms with Crippen LogP contribution in [-0.4, -0.2) is 39.8 Å². The summed E-state index contributed by atoms with van der Waals surface area (Å²) in [5, 5.41) is 19.7. The van der Waals surface area contributed by atoms with Crippen LogP contribution in [0, 0.1) is 5.82 Å². The third-order valence-electron chi connectivity index (χ3n) is 6.22. The second kappa shape index (κ2) is 8.24. The molecule has 2 N–H and O–H groups in total. The van der Waals surface area contributed by atoms with E-state index in [2.05, 4.69) is 0 Å². The average molecular weight is 447 g/mol. The number of rotatable bonds is 6. The Morgan fingerprint density at radius 3 is 2.15 bits per heavy atom. The van der Waals surface area contributed by atoms with Crippen molar-refractivity contribution < 1.29 is 28.9 Å². The number of halogens is 1. The van der Waals surface area contributed by atoms with E-state index in [0.29, 0.717) is 12.8 Å². The molecule has 2 aliphatic carbocycles. The lowest BCUT2D eigenvalue weighted by Crippen LogP contribution is -2.41. The van der Waals surface area contributed by atoms with Gasteiger partial charge in [0.25, 0.3) is 0 Å². The Kier molecular flexibility index (Phi) is 5.24. The van der Waals surface area contributed by atoms with Crippen LogP contribution in [0.4, 0.5) is 9.18 Å². The zero-order chi connectivity index (χ0) is 23.1. The van der Waals surface area contributed by atoms with Gasteiger partial charge in [-0.1, -0.05) is 48.5 Å². The molecule has 168 valence electrons. The summed E-state index contributed by atoms with van der Waals surface area (Å²) in [6.07, 6.45) is 0.500. The number of hydrogen-bond donors (Lipinski definition) is 2. The molecular weight excluding hydrogens is 425 g/mol. The van der Waals surface area contributed by atoms with Gasteiger partial charge in [0, 0.05) is 18.0 Å². The van der Waals surface area contributed by atoms with Crippen molar-refractivity contribution in [2.24, 2.45) is 0 Å². The zero-order valence-corrected chi connectivity index (χ0v) is 17.6. The summed E-state index contributed by atoms with van der Waals surface area (Å²) >= 11 is 0. The fraction of sp³-hybridized carbons (Fsp3) is 0.231. The second-order valence-corrected chi connectivity index (χ2v) is 8.43. The molecule has 0 radical (unpaired) electrons. The molecule has 3 aromatic carbocycles. The Morgan fingerprint density at radius 1 is 1.00 bits per heavy atom. The predicted octanol–water partition coefficient (Wildman–Crippen LogP) is 5.07. The number of phenols is 1. The molecule has 1 fully saturated rings. The number of carbonyl (C=O) groups is 2. The van der Waals surface area contributed by atoms with E-state index in [-0.39, 0.29) is 24.1 Å². The summed E-state index contributed by atoms with van der Waals surface area (Å²) in [6.45, 7) is 0.0524. The van der Waals surface area contributed by atoms with Gasteiger partial charge in [0.2, 0.25) is 0 Å². The van der Waals surface area contributed by atoms with Crippen LogP contribution in [0.5, 0.6) is 5.75 Å². The zero-order valence-electron chi connectivity index (χ0n) is 17.6. The number of carbonyl (C=O) groups excluding carboxylic acids is 1. The van der Waals surface area contributed by atoms with E-state index < -0.39 is 29.7 Å². The van der Waals surface area contributed by atoms with Crippen LogP contribution >= 0.6 is 0 Å². The molecule has 0 saturated heterocycles. The maximum atomic E-state index is 13.9. The first-order valence-electron chi connectivity index (χ1n) is 10.8. The van der Waals surface area contributed by atoms with Gasteiger partial charge in [-0.25, -0.2) is 14.0 Å². The third-order valence-corrected chi connectivity index (χ3v) is 6.22. The fourth-order valence-corrected chi connectivity index (χ4v) is 4.66. The summed E-state index contributed by atoms with van der Waals surface area (Å²) < 4.78 is 19.6. The number of phenolic OH excluding ortho intramolecular Hbond substituents is 1. The van der Waals surface area contributed by atoms with Crippen molar-refractivity contribution >= 4 is 12.1 Å². The van der Waals surface area contributed by atoms with Crippen molar-refractivity contribution in [1.29, 1.82) is 0 Å². The lowest BCUT2D eigenvalue weighted by molar-refractivity contribution is -0.143. The number of amides is 1. The van der Waals surface area contributed by atoms with E-state index in [9.17, 15) is 24.2 Å². The Labute approximate surface area is 189 Å². The highest BCUT2D eigenvalue weighted by Crippen LogP contribution is 2.45. The summed E-state index contributed by atoms with van der Waals surface area (Å²) in [5.74, 6) is -2.66. The topological polar surface area (TPSA) is 87.1 Å². The molecule has 3 aromatic rings. The van der Waals surface area contributed by atoms with Crippen LogP contribution in [0.1, 0.15) is 41.5 Å². The monoisotopic (exact) mass is 447 g/mol. The van der Waals surface area contributed by atoms with Crippen molar-refractivity contribution in [1.82, 2.24) is 4.90 Å². The highest BCUT2D eigenvalue weighted by Gasteiger charge is 2.43. The van der Waals surface area contributed by atoms with E-state index in [4.69, 9.17) is 4.74 Å². The van der Waals surface area contributed by atoms with E-state index in [1.165, 1.54) is 0 Å². The van der Waals surface area contributed by atoms with Crippen molar-refractivity contribution in [2.75, 3.05) is 6.61 Å². The van der Waals surface area contributed by atoms with Crippen molar-refractivity contribution in [2.45, 2.75) is 30.8 Å². The highest BCUT2D eigenvalue weighted by atomic mass is 19.1. The van der Waals surface area contributed by atoms with Crippen LogP contribution < -0.4 is 0 Å². The summed E-state index contributed by atoms with van der Waals surface area (Å²) in [4.78, 5) is 26.5. The summed E-state index contributed by atoms with van der Waals surface area (Å²) in [6, 6.07) is 17.2. The highest BCUT2D eigenvalue weighted by molar-refractivity contribution is 5.83. The van der Waals surface area contributed by atoms with Crippen LogP contribution in [-0.2, 0) is 9.53 Å². The fourth-order valence-electron chi connectivity index (χ4n) is 4.66. The molecule has 0 aliphatic heterocycles. The van der Waals surface area contributed by atoms with E-state index in [1.54, 1.807) is 0 Å². The maximum Gasteiger partial charge on any atom is 0.411 e. The number of benzene rings is 3. The standard InChI is InChI=1S/C26H22FNO5/c27-16-11-15(12-18(29)13-16)24(25(30)31)28(17-9-10-17)26(32)33-14-23-21-7-3-1-5-19(21)20-6-2-4-8-22(20)23/h1-8,11-13,17,23-24,29H,9-10,14H2,(H,30,31). The average Bonchev–Trinajstić information content (AvgIpc) is 3.57.